The maximum absolute atomic E-state index is 12.5. The molecule has 0 atom stereocenters. The molecular weight excluding hydrogens is 385 g/mol. The van der Waals surface area contributed by atoms with Crippen LogP contribution in [0.4, 0.5) is 19.0 Å². The molecule has 0 saturated heterocycles. The molecule has 0 saturated carbocycles. The fourth-order valence-corrected chi connectivity index (χ4v) is 2.29. The Morgan fingerprint density at radius 1 is 1.17 bits per heavy atom. The zero-order chi connectivity index (χ0) is 21.7. The normalized spacial score (nSPS) is 11.8. The van der Waals surface area contributed by atoms with Crippen LogP contribution in [0.1, 0.15) is 42.4 Å². The van der Waals surface area contributed by atoms with Gasteiger partial charge in [-0.1, -0.05) is 26.8 Å². The molecule has 158 valence electrons. The fraction of sp³-hybridized carbons (Fsp3) is 0.450. The summed E-state index contributed by atoms with van der Waals surface area (Å²) in [5, 5.41) is 5.99. The number of pyridine rings is 2. The van der Waals surface area contributed by atoms with Gasteiger partial charge in [-0.05, 0) is 30.0 Å². The van der Waals surface area contributed by atoms with Gasteiger partial charge in [-0.25, -0.2) is 9.97 Å². The molecule has 29 heavy (non-hydrogen) atoms. The van der Waals surface area contributed by atoms with Crippen LogP contribution >= 0.6 is 0 Å². The van der Waals surface area contributed by atoms with Crippen LogP contribution in [0.3, 0.4) is 0 Å². The van der Waals surface area contributed by atoms with Crippen LogP contribution in [0.25, 0.3) is 0 Å². The van der Waals surface area contributed by atoms with Crippen LogP contribution < -0.4 is 15.4 Å². The smallest absolute Gasteiger partial charge is 0.422 e. The third-order valence-corrected chi connectivity index (χ3v) is 3.65. The number of carbonyl (C=O) groups is 1. The van der Waals surface area contributed by atoms with Crippen molar-refractivity contribution in [3.05, 3.63) is 47.3 Å². The van der Waals surface area contributed by atoms with E-state index in [-0.39, 0.29) is 23.7 Å². The lowest BCUT2D eigenvalue weighted by molar-refractivity contribution is -0.154. The largest absolute Gasteiger partial charge is 0.468 e. The number of nitrogens with zero attached hydrogens (tertiary/aromatic N) is 2. The number of nitrogens with one attached hydrogen (secondary N) is 2. The summed E-state index contributed by atoms with van der Waals surface area (Å²) >= 11 is 0. The standard InChI is InChI=1S/C20H25F3N4O2/c1-13-7-15(8-16(27-13)26-11-19(2,3)4)18(28)25-10-14-5-6-17(24-9-14)29-12-20(21,22)23/h5-9H,10-12H2,1-4H3,(H,25,28)(H,26,27). The Bertz CT molecular complexity index is 831. The lowest BCUT2D eigenvalue weighted by Gasteiger charge is -2.19. The van der Waals surface area contributed by atoms with Crippen molar-refractivity contribution < 1.29 is 22.7 Å². The molecule has 0 radical (unpaired) electrons. The van der Waals surface area contributed by atoms with Crippen molar-refractivity contribution in [1.29, 1.82) is 0 Å². The van der Waals surface area contributed by atoms with Crippen molar-refractivity contribution in [2.45, 2.75) is 40.4 Å². The molecule has 0 fully saturated rings. The van der Waals surface area contributed by atoms with Crippen LogP contribution in [0, 0.1) is 12.3 Å². The first-order valence-corrected chi connectivity index (χ1v) is 9.06. The lowest BCUT2D eigenvalue weighted by Crippen LogP contribution is -2.24. The third-order valence-electron chi connectivity index (χ3n) is 3.65. The minimum absolute atomic E-state index is 0.0663. The second-order valence-electron chi connectivity index (χ2n) is 7.89. The van der Waals surface area contributed by atoms with Crippen LogP contribution in [0.15, 0.2) is 30.5 Å². The molecule has 0 aliphatic carbocycles. The molecular formula is C20H25F3N4O2. The number of halogens is 3. The highest BCUT2D eigenvalue weighted by atomic mass is 19.4. The summed E-state index contributed by atoms with van der Waals surface area (Å²) in [5.74, 6) is 0.210. The zero-order valence-electron chi connectivity index (χ0n) is 16.9. The molecule has 2 heterocycles. The first-order valence-electron chi connectivity index (χ1n) is 9.06. The summed E-state index contributed by atoms with van der Waals surface area (Å²) in [6.07, 6.45) is -3.06. The van der Waals surface area contributed by atoms with E-state index in [0.717, 1.165) is 0 Å². The van der Waals surface area contributed by atoms with Gasteiger partial charge in [0, 0.05) is 36.6 Å². The summed E-state index contributed by atoms with van der Waals surface area (Å²) in [5.41, 5.74) is 1.88. The van der Waals surface area contributed by atoms with Gasteiger partial charge in [0.1, 0.15) is 5.82 Å². The maximum Gasteiger partial charge on any atom is 0.422 e. The highest BCUT2D eigenvalue weighted by Crippen LogP contribution is 2.18. The molecule has 1 amide bonds. The summed E-state index contributed by atoms with van der Waals surface area (Å²) in [4.78, 5) is 20.7. The quantitative estimate of drug-likeness (QED) is 0.718. The third kappa shape index (κ3) is 8.37. The molecule has 0 bridgehead atoms. The average molecular weight is 410 g/mol. The molecule has 0 unspecified atom stereocenters. The first-order chi connectivity index (χ1) is 13.4. The number of carbonyl (C=O) groups excluding carboxylic acids is 1. The molecule has 9 heteroatoms. The summed E-state index contributed by atoms with van der Waals surface area (Å²) in [6, 6.07) is 6.25. The van der Waals surface area contributed by atoms with Crippen LogP contribution in [0.2, 0.25) is 0 Å². The zero-order valence-corrected chi connectivity index (χ0v) is 16.9. The van der Waals surface area contributed by atoms with Crippen molar-refractivity contribution >= 4 is 11.7 Å². The van der Waals surface area contributed by atoms with Crippen molar-refractivity contribution in [3.63, 3.8) is 0 Å². The van der Waals surface area contributed by atoms with E-state index in [4.69, 9.17) is 0 Å². The molecule has 0 aliphatic heterocycles. The second kappa shape index (κ2) is 9.11. The Labute approximate surface area is 167 Å². The summed E-state index contributed by atoms with van der Waals surface area (Å²) < 4.78 is 41.0. The van der Waals surface area contributed by atoms with Gasteiger partial charge in [0.2, 0.25) is 5.88 Å². The molecule has 2 rings (SSSR count). The number of amides is 1. The number of anilines is 1. The van der Waals surface area contributed by atoms with E-state index in [9.17, 15) is 18.0 Å². The predicted octanol–water partition coefficient (Wildman–Crippen LogP) is 4.11. The Morgan fingerprint density at radius 2 is 1.90 bits per heavy atom. The Kier molecular flexibility index (Phi) is 7.05. The first kappa shape index (κ1) is 22.4. The molecule has 6 nitrogen and oxygen atoms in total. The molecule has 0 aromatic carbocycles. The van der Waals surface area contributed by atoms with E-state index >= 15 is 0 Å². The van der Waals surface area contributed by atoms with Gasteiger partial charge in [-0.2, -0.15) is 13.2 Å². The van der Waals surface area contributed by atoms with E-state index in [1.807, 2.05) is 6.92 Å². The average Bonchev–Trinajstić information content (AvgIpc) is 2.62. The van der Waals surface area contributed by atoms with Crippen molar-refractivity contribution in [2.75, 3.05) is 18.5 Å². The predicted molar refractivity (Wildman–Crippen MR) is 104 cm³/mol. The Balaban J connectivity index is 1.94. The van der Waals surface area contributed by atoms with Crippen LogP contribution in [0.5, 0.6) is 5.88 Å². The Morgan fingerprint density at radius 3 is 2.48 bits per heavy atom. The van der Waals surface area contributed by atoms with E-state index in [2.05, 4.69) is 46.1 Å². The van der Waals surface area contributed by atoms with E-state index in [1.165, 1.54) is 12.3 Å². The van der Waals surface area contributed by atoms with Crippen molar-refractivity contribution in [2.24, 2.45) is 5.41 Å². The van der Waals surface area contributed by atoms with Gasteiger partial charge in [0.05, 0.1) is 0 Å². The maximum atomic E-state index is 12.5. The van der Waals surface area contributed by atoms with Gasteiger partial charge in [-0.15, -0.1) is 0 Å². The van der Waals surface area contributed by atoms with Crippen molar-refractivity contribution in [3.8, 4) is 5.88 Å². The van der Waals surface area contributed by atoms with Crippen LogP contribution in [-0.2, 0) is 6.54 Å². The van der Waals surface area contributed by atoms with Gasteiger partial charge < -0.3 is 15.4 Å². The van der Waals surface area contributed by atoms with E-state index < -0.39 is 12.8 Å². The number of aryl methyl sites for hydroxylation is 1. The van der Waals surface area contributed by atoms with Gasteiger partial charge in [-0.3, -0.25) is 4.79 Å². The minimum atomic E-state index is -4.42. The second-order valence-corrected chi connectivity index (χ2v) is 7.89. The van der Waals surface area contributed by atoms with Gasteiger partial charge >= 0.3 is 6.18 Å². The molecule has 2 aromatic rings. The molecule has 0 spiro atoms. The fourth-order valence-electron chi connectivity index (χ4n) is 2.29. The number of rotatable bonds is 7. The summed E-state index contributed by atoms with van der Waals surface area (Å²) in [6.45, 7) is 7.58. The number of hydrogen-bond donors (Lipinski definition) is 2. The van der Waals surface area contributed by atoms with Crippen molar-refractivity contribution in [1.82, 2.24) is 15.3 Å². The number of hydrogen-bond acceptors (Lipinski definition) is 5. The monoisotopic (exact) mass is 410 g/mol. The Hall–Kier alpha value is -2.84. The molecule has 2 aromatic heterocycles. The summed E-state index contributed by atoms with van der Waals surface area (Å²) in [7, 11) is 0. The van der Waals surface area contributed by atoms with Crippen LogP contribution in [-0.4, -0.2) is 35.2 Å². The molecule has 2 N–H and O–H groups in total. The number of alkyl halides is 3. The number of ether oxygens (including phenoxy) is 1. The number of aromatic nitrogens is 2. The van der Waals surface area contributed by atoms with E-state index in [1.54, 1.807) is 18.2 Å². The highest BCUT2D eigenvalue weighted by molar-refractivity contribution is 5.94. The van der Waals surface area contributed by atoms with E-state index in [0.29, 0.717) is 29.2 Å². The minimum Gasteiger partial charge on any atom is -0.468 e. The van der Waals surface area contributed by atoms with Gasteiger partial charge in [0.15, 0.2) is 6.61 Å². The highest BCUT2D eigenvalue weighted by Gasteiger charge is 2.28. The topological polar surface area (TPSA) is 76.1 Å². The van der Waals surface area contributed by atoms with Gasteiger partial charge in [0.25, 0.3) is 5.91 Å². The lowest BCUT2D eigenvalue weighted by atomic mass is 9.97. The SMILES string of the molecule is Cc1cc(C(=O)NCc2ccc(OCC(F)(F)F)nc2)cc(NCC(C)(C)C)n1. The molecule has 0 aliphatic rings.